The van der Waals surface area contributed by atoms with Crippen LogP contribution in [0.15, 0.2) is 65.2 Å². The average molecular weight is 434 g/mol. The largest absolute Gasteiger partial charge is 0.272 e. The maximum absolute atomic E-state index is 11.9. The highest BCUT2D eigenvalue weighted by atomic mass is 32.2. The lowest BCUT2D eigenvalue weighted by Gasteiger charge is -2.09. The van der Waals surface area contributed by atoms with Gasteiger partial charge >= 0.3 is 0 Å². The van der Waals surface area contributed by atoms with E-state index in [9.17, 15) is 9.59 Å². The Morgan fingerprint density at radius 3 is 2.33 bits per heavy atom. The predicted molar refractivity (Wildman–Crippen MR) is 133 cm³/mol. The van der Waals surface area contributed by atoms with Crippen molar-refractivity contribution >= 4 is 34.5 Å². The first kappa shape index (κ1) is 27.4. The lowest BCUT2D eigenvalue weighted by Crippen LogP contribution is -2.43. The second-order valence-electron chi connectivity index (χ2n) is 5.27. The van der Waals surface area contributed by atoms with E-state index in [2.05, 4.69) is 15.8 Å². The molecule has 1 aromatic heterocycles. The third kappa shape index (κ3) is 9.74. The first-order chi connectivity index (χ1) is 14.7. The lowest BCUT2D eigenvalue weighted by atomic mass is 10.1. The Labute approximate surface area is 188 Å². The van der Waals surface area contributed by atoms with Crippen molar-refractivity contribution in [3.05, 3.63) is 60.2 Å². The van der Waals surface area contributed by atoms with Gasteiger partial charge in [0.2, 0.25) is 5.91 Å². The number of amides is 2. The maximum Gasteiger partial charge on any atom is 0.269 e. The summed E-state index contributed by atoms with van der Waals surface area (Å²) in [5.41, 5.74) is 6.32. The fourth-order valence-corrected chi connectivity index (χ4v) is 2.96. The first-order valence-electron chi connectivity index (χ1n) is 10.7. The van der Waals surface area contributed by atoms with E-state index in [0.717, 1.165) is 28.8 Å². The van der Waals surface area contributed by atoms with E-state index in [1.165, 1.54) is 11.8 Å². The number of nitrogens with zero attached hydrogens (tertiary/aromatic N) is 1. The highest BCUT2D eigenvalue weighted by molar-refractivity contribution is 7.99. The molecule has 0 aliphatic heterocycles. The van der Waals surface area contributed by atoms with E-state index >= 15 is 0 Å². The molecule has 2 N–H and O–H groups in total. The summed E-state index contributed by atoms with van der Waals surface area (Å²) in [7, 11) is 0. The number of hydrogen-bond donors (Lipinski definition) is 2. The zero-order chi connectivity index (χ0) is 22.8. The highest BCUT2D eigenvalue weighted by Gasteiger charge is 2.10. The number of hydrazine groups is 1. The number of pyridine rings is 1. The Balaban J connectivity index is -0.000000971. The van der Waals surface area contributed by atoms with Crippen molar-refractivity contribution in [2.75, 3.05) is 5.75 Å². The molecule has 5 nitrogen and oxygen atoms in total. The SMILES string of the molecule is CC.CC.CC.O=C(CSc1ccc2ccccc2n1)NNC(=O)C1=CCCC=C1.[HH].[HH]. The van der Waals surface area contributed by atoms with Crippen LogP contribution in [-0.2, 0) is 9.59 Å². The zero-order valence-electron chi connectivity index (χ0n) is 19.0. The quantitative estimate of drug-likeness (QED) is 0.437. The topological polar surface area (TPSA) is 71.1 Å². The molecule has 3 rings (SSSR count). The summed E-state index contributed by atoms with van der Waals surface area (Å²) in [5, 5.41) is 1.83. The van der Waals surface area contributed by atoms with Gasteiger partial charge in [0.05, 0.1) is 16.3 Å². The zero-order valence-corrected chi connectivity index (χ0v) is 19.8. The van der Waals surface area contributed by atoms with Gasteiger partial charge in [-0.3, -0.25) is 20.4 Å². The molecule has 0 atom stereocenters. The first-order valence-corrected chi connectivity index (χ1v) is 11.7. The summed E-state index contributed by atoms with van der Waals surface area (Å²) in [6.07, 6.45) is 7.35. The van der Waals surface area contributed by atoms with E-state index in [1.54, 1.807) is 6.08 Å². The molecule has 6 heteroatoms. The summed E-state index contributed by atoms with van der Waals surface area (Å²) in [5.74, 6) is -0.391. The van der Waals surface area contributed by atoms with E-state index in [-0.39, 0.29) is 20.4 Å². The van der Waals surface area contributed by atoms with Gasteiger partial charge in [-0.15, -0.1) is 0 Å². The van der Waals surface area contributed by atoms with Crippen LogP contribution in [0.4, 0.5) is 0 Å². The van der Waals surface area contributed by atoms with Gasteiger partial charge in [-0.2, -0.15) is 0 Å². The van der Waals surface area contributed by atoms with Crippen LogP contribution in [0.2, 0.25) is 0 Å². The summed E-state index contributed by atoms with van der Waals surface area (Å²) >= 11 is 1.33. The number of aromatic nitrogens is 1. The lowest BCUT2D eigenvalue weighted by molar-refractivity contribution is -0.125. The number of allylic oxidation sites excluding steroid dienone is 2. The van der Waals surface area contributed by atoms with Gasteiger partial charge in [-0.25, -0.2) is 4.98 Å². The number of fused-ring (bicyclic) bond motifs is 1. The molecule has 2 aromatic rings. The van der Waals surface area contributed by atoms with E-state index in [4.69, 9.17) is 0 Å². The van der Waals surface area contributed by atoms with Crippen molar-refractivity contribution < 1.29 is 12.4 Å². The van der Waals surface area contributed by atoms with E-state index in [0.29, 0.717) is 5.57 Å². The average Bonchev–Trinajstić information content (AvgIpc) is 2.85. The highest BCUT2D eigenvalue weighted by Crippen LogP contribution is 2.19. The predicted octanol–water partition coefficient (Wildman–Crippen LogP) is 6.32. The fourth-order valence-electron chi connectivity index (χ4n) is 2.28. The fraction of sp³-hybridized carbons (Fsp3) is 0.375. The number of nitrogens with one attached hydrogen (secondary N) is 2. The molecular weight excluding hydrogens is 394 g/mol. The molecule has 0 fully saturated rings. The van der Waals surface area contributed by atoms with Gasteiger partial charge in [-0.05, 0) is 25.0 Å². The minimum atomic E-state index is -0.298. The van der Waals surface area contributed by atoms with Crippen molar-refractivity contribution in [3.8, 4) is 0 Å². The van der Waals surface area contributed by atoms with Gasteiger partial charge in [0.25, 0.3) is 5.91 Å². The molecule has 168 valence electrons. The number of benzene rings is 1. The Kier molecular flexibility index (Phi) is 15.8. The van der Waals surface area contributed by atoms with Gasteiger partial charge < -0.3 is 0 Å². The van der Waals surface area contributed by atoms with Crippen LogP contribution < -0.4 is 10.9 Å². The van der Waals surface area contributed by atoms with Crippen molar-refractivity contribution in [1.82, 2.24) is 15.8 Å². The third-order valence-electron chi connectivity index (χ3n) is 3.50. The Hall–Kier alpha value is -2.60. The van der Waals surface area contributed by atoms with Crippen molar-refractivity contribution in [1.29, 1.82) is 0 Å². The minimum Gasteiger partial charge on any atom is -0.272 e. The summed E-state index contributed by atoms with van der Waals surface area (Å²) in [6, 6.07) is 11.7. The molecule has 0 unspecified atom stereocenters. The molecule has 0 radical (unpaired) electrons. The molecule has 1 aromatic carbocycles. The number of para-hydroxylation sites is 1. The van der Waals surface area contributed by atoms with Crippen molar-refractivity contribution in [3.63, 3.8) is 0 Å². The van der Waals surface area contributed by atoms with Crippen LogP contribution >= 0.6 is 11.8 Å². The van der Waals surface area contributed by atoms with Gasteiger partial charge in [0, 0.05) is 13.8 Å². The van der Waals surface area contributed by atoms with Crippen LogP contribution in [0.1, 0.15) is 57.2 Å². The standard InChI is InChI=1S/C18H17N3O2S.3C2H6.2H2/c22-16(20-21-18(23)14-7-2-1-3-8-14)12-24-17-11-10-13-6-4-5-9-15(13)19-17;3*1-2;;/h2,4-11H,1,3,12H2,(H,20,22)(H,21,23);3*1-2H3;2*1H. The van der Waals surface area contributed by atoms with Crippen molar-refractivity contribution in [2.24, 2.45) is 0 Å². The van der Waals surface area contributed by atoms with Crippen LogP contribution in [0.3, 0.4) is 0 Å². The molecule has 1 aliphatic rings. The second kappa shape index (κ2) is 17.3. The molecular formula is C24H39N3O2S. The van der Waals surface area contributed by atoms with Crippen LogP contribution in [0.25, 0.3) is 10.9 Å². The van der Waals surface area contributed by atoms with E-state index in [1.807, 2.05) is 90.1 Å². The minimum absolute atomic E-state index is 0. The number of carbonyl (C=O) groups is 2. The van der Waals surface area contributed by atoms with Crippen LogP contribution in [0, 0.1) is 0 Å². The molecule has 0 bridgehead atoms. The Morgan fingerprint density at radius 2 is 1.67 bits per heavy atom. The summed E-state index contributed by atoms with van der Waals surface area (Å²) in [6.45, 7) is 12.0. The second-order valence-corrected chi connectivity index (χ2v) is 6.27. The Morgan fingerprint density at radius 1 is 0.967 bits per heavy atom. The van der Waals surface area contributed by atoms with E-state index < -0.39 is 0 Å². The number of thioether (sulfide) groups is 1. The summed E-state index contributed by atoms with van der Waals surface area (Å²) in [4.78, 5) is 28.2. The number of carbonyl (C=O) groups excluding carboxylic acids is 2. The molecule has 0 saturated heterocycles. The number of hydrogen-bond acceptors (Lipinski definition) is 4. The molecule has 0 spiro atoms. The molecule has 2 amide bonds. The van der Waals surface area contributed by atoms with Gasteiger partial charge in [-0.1, -0.05) is 95.8 Å². The molecule has 30 heavy (non-hydrogen) atoms. The van der Waals surface area contributed by atoms with Gasteiger partial charge in [0.1, 0.15) is 0 Å². The molecule has 1 aliphatic carbocycles. The van der Waals surface area contributed by atoms with Gasteiger partial charge in [0.15, 0.2) is 0 Å². The van der Waals surface area contributed by atoms with Crippen LogP contribution in [0.5, 0.6) is 0 Å². The van der Waals surface area contributed by atoms with Crippen molar-refractivity contribution in [2.45, 2.75) is 59.4 Å². The summed E-state index contributed by atoms with van der Waals surface area (Å²) < 4.78 is 0. The normalized spacial score (nSPS) is 11.3. The van der Waals surface area contributed by atoms with Crippen LogP contribution in [-0.4, -0.2) is 22.6 Å². The monoisotopic (exact) mass is 433 g/mol. The maximum atomic E-state index is 11.9. The third-order valence-corrected chi connectivity index (χ3v) is 4.43. The smallest absolute Gasteiger partial charge is 0.269 e. The Bertz CT molecular complexity index is 843. The molecule has 1 heterocycles. The molecule has 0 saturated carbocycles. The number of rotatable bonds is 4.